The number of carbonyl (C=O) groups is 4. The number of nitrogens with zero attached hydrogens (tertiary/aromatic N) is 4. The molecule has 3 rings (SSSR count). The first kappa shape index (κ1) is 16.6. The minimum Gasteiger partial charge on any atom is -0.461 e. The number of urea groups is 1. The zero-order valence-corrected chi connectivity index (χ0v) is 13.5. The van der Waals surface area contributed by atoms with Gasteiger partial charge in [0.15, 0.2) is 17.5 Å². The molecule has 2 aromatic rings. The Bertz CT molecular complexity index is 816. The second-order valence-electron chi connectivity index (χ2n) is 5.47. The summed E-state index contributed by atoms with van der Waals surface area (Å²) in [6.45, 7) is 0. The number of aryl methyl sites for hydroxylation is 1. The van der Waals surface area contributed by atoms with E-state index in [1.54, 1.807) is 12.1 Å². The van der Waals surface area contributed by atoms with E-state index in [4.69, 9.17) is 8.94 Å². The lowest BCUT2D eigenvalue weighted by Gasteiger charge is -2.31. The Morgan fingerprint density at radius 3 is 2.48 bits per heavy atom. The highest BCUT2D eigenvalue weighted by Gasteiger charge is 2.46. The molecule has 0 saturated carbocycles. The lowest BCUT2D eigenvalue weighted by Crippen LogP contribution is -2.58. The lowest BCUT2D eigenvalue weighted by molar-refractivity contribution is -0.151. The third-order valence-electron chi connectivity index (χ3n) is 3.85. The van der Waals surface area contributed by atoms with E-state index in [9.17, 15) is 19.2 Å². The van der Waals surface area contributed by atoms with E-state index in [-0.39, 0.29) is 24.6 Å². The quantitative estimate of drug-likeness (QED) is 0.716. The highest BCUT2D eigenvalue weighted by molar-refractivity contribution is 6.26. The van der Waals surface area contributed by atoms with Crippen molar-refractivity contribution in [1.29, 1.82) is 0 Å². The van der Waals surface area contributed by atoms with Crippen LogP contribution in [0.3, 0.4) is 0 Å². The first-order valence-electron chi connectivity index (χ1n) is 7.38. The molecule has 1 fully saturated rings. The molecule has 25 heavy (non-hydrogen) atoms. The topological polar surface area (TPSA) is 127 Å². The van der Waals surface area contributed by atoms with Gasteiger partial charge in [0.2, 0.25) is 11.7 Å². The van der Waals surface area contributed by atoms with Crippen LogP contribution in [-0.2, 0) is 20.8 Å². The SMILES string of the molecule is CN1C(=O)C(C(=O)CCc2nc(-c3ccco3)no2)C(=O)N(C)C1=O. The van der Waals surface area contributed by atoms with Crippen LogP contribution in [0.2, 0.25) is 0 Å². The maximum Gasteiger partial charge on any atom is 0.332 e. The molecule has 10 heteroatoms. The maximum absolute atomic E-state index is 12.3. The van der Waals surface area contributed by atoms with Crippen molar-refractivity contribution in [3.8, 4) is 11.6 Å². The van der Waals surface area contributed by atoms with Crippen LogP contribution < -0.4 is 0 Å². The molecule has 0 bridgehead atoms. The van der Waals surface area contributed by atoms with E-state index in [1.807, 2.05) is 0 Å². The fourth-order valence-electron chi connectivity index (χ4n) is 2.42. The molecular weight excluding hydrogens is 332 g/mol. The third-order valence-corrected chi connectivity index (χ3v) is 3.85. The fourth-order valence-corrected chi connectivity index (χ4v) is 2.42. The van der Waals surface area contributed by atoms with Crippen LogP contribution in [0, 0.1) is 5.92 Å². The Labute approximate surface area is 141 Å². The van der Waals surface area contributed by atoms with Gasteiger partial charge in [-0.15, -0.1) is 0 Å². The van der Waals surface area contributed by atoms with Gasteiger partial charge < -0.3 is 8.94 Å². The Morgan fingerprint density at radius 2 is 1.88 bits per heavy atom. The Kier molecular flexibility index (Phi) is 4.17. The summed E-state index contributed by atoms with van der Waals surface area (Å²) >= 11 is 0. The molecule has 1 aliphatic heterocycles. The van der Waals surface area contributed by atoms with E-state index >= 15 is 0 Å². The van der Waals surface area contributed by atoms with Gasteiger partial charge in [-0.1, -0.05) is 5.16 Å². The summed E-state index contributed by atoms with van der Waals surface area (Å²) in [6, 6.07) is 2.56. The van der Waals surface area contributed by atoms with Crippen LogP contribution in [-0.4, -0.2) is 57.7 Å². The number of rotatable bonds is 5. The van der Waals surface area contributed by atoms with Gasteiger partial charge in [0.25, 0.3) is 11.8 Å². The summed E-state index contributed by atoms with van der Waals surface area (Å²) in [6.07, 6.45) is 1.37. The Hall–Kier alpha value is -3.30. The average Bonchev–Trinajstić information content (AvgIpc) is 3.27. The van der Waals surface area contributed by atoms with E-state index in [0.29, 0.717) is 5.76 Å². The van der Waals surface area contributed by atoms with Gasteiger partial charge in [-0.25, -0.2) is 4.79 Å². The van der Waals surface area contributed by atoms with Crippen molar-refractivity contribution < 1.29 is 28.1 Å². The van der Waals surface area contributed by atoms with Gasteiger partial charge in [-0.3, -0.25) is 24.2 Å². The number of imide groups is 2. The van der Waals surface area contributed by atoms with Crippen LogP contribution in [0.1, 0.15) is 12.3 Å². The number of aromatic nitrogens is 2. The molecule has 1 aliphatic rings. The molecular formula is C15H14N4O6. The van der Waals surface area contributed by atoms with Crippen LogP contribution in [0.5, 0.6) is 0 Å². The minimum absolute atomic E-state index is 0.0605. The molecule has 2 aromatic heterocycles. The molecule has 10 nitrogen and oxygen atoms in total. The Balaban J connectivity index is 1.67. The minimum atomic E-state index is -1.53. The number of barbiturate groups is 1. The molecule has 0 aliphatic carbocycles. The first-order valence-corrected chi connectivity index (χ1v) is 7.38. The smallest absolute Gasteiger partial charge is 0.332 e. The molecule has 3 heterocycles. The number of Topliss-reactive ketones (excluding diaryl/α,β-unsaturated/α-hetero) is 1. The molecule has 4 amide bonds. The van der Waals surface area contributed by atoms with E-state index < -0.39 is 29.5 Å². The van der Waals surface area contributed by atoms with Crippen LogP contribution >= 0.6 is 0 Å². The van der Waals surface area contributed by atoms with Gasteiger partial charge in [0.1, 0.15) is 0 Å². The molecule has 0 spiro atoms. The first-order chi connectivity index (χ1) is 11.9. The standard InChI is InChI=1S/C15H14N4O6/c1-18-13(21)11(14(22)19(2)15(18)23)8(20)5-6-10-16-12(17-25-10)9-4-3-7-24-9/h3-4,7,11H,5-6H2,1-2H3. The monoisotopic (exact) mass is 346 g/mol. The van der Waals surface area contributed by atoms with E-state index in [2.05, 4.69) is 10.1 Å². The summed E-state index contributed by atoms with van der Waals surface area (Å²) < 4.78 is 10.2. The van der Waals surface area contributed by atoms with Crippen molar-refractivity contribution in [2.75, 3.05) is 14.1 Å². The summed E-state index contributed by atoms with van der Waals surface area (Å²) in [4.78, 5) is 53.7. The molecule has 130 valence electrons. The van der Waals surface area contributed by atoms with E-state index in [0.717, 1.165) is 9.80 Å². The fraction of sp³-hybridized carbons (Fsp3) is 0.333. The average molecular weight is 346 g/mol. The van der Waals surface area contributed by atoms with E-state index in [1.165, 1.54) is 20.4 Å². The number of hydrogen-bond acceptors (Lipinski definition) is 8. The van der Waals surface area contributed by atoms with Gasteiger partial charge in [-0.05, 0) is 12.1 Å². The number of furan rings is 1. The van der Waals surface area contributed by atoms with Crippen molar-refractivity contribution in [2.24, 2.45) is 5.92 Å². The van der Waals surface area contributed by atoms with Crippen LogP contribution in [0.4, 0.5) is 4.79 Å². The largest absolute Gasteiger partial charge is 0.461 e. The Morgan fingerprint density at radius 1 is 1.20 bits per heavy atom. The molecule has 0 unspecified atom stereocenters. The van der Waals surface area contributed by atoms with Gasteiger partial charge >= 0.3 is 6.03 Å². The second kappa shape index (κ2) is 6.30. The van der Waals surface area contributed by atoms with Gasteiger partial charge in [0, 0.05) is 26.9 Å². The number of hydrogen-bond donors (Lipinski definition) is 0. The van der Waals surface area contributed by atoms with Crippen molar-refractivity contribution in [2.45, 2.75) is 12.8 Å². The second-order valence-corrected chi connectivity index (χ2v) is 5.47. The predicted octanol–water partition coefficient (Wildman–Crippen LogP) is 0.498. The summed E-state index contributed by atoms with van der Waals surface area (Å²) in [5.74, 6) is -2.98. The highest BCUT2D eigenvalue weighted by atomic mass is 16.5. The van der Waals surface area contributed by atoms with Gasteiger partial charge in [0.05, 0.1) is 6.26 Å². The zero-order valence-electron chi connectivity index (χ0n) is 13.5. The summed E-state index contributed by atoms with van der Waals surface area (Å²) in [5.41, 5.74) is 0. The van der Waals surface area contributed by atoms with Gasteiger partial charge in [-0.2, -0.15) is 4.98 Å². The number of carbonyl (C=O) groups excluding carboxylic acids is 4. The normalized spacial score (nSPS) is 16.0. The van der Waals surface area contributed by atoms with Crippen molar-refractivity contribution >= 4 is 23.6 Å². The number of ketones is 1. The molecule has 0 radical (unpaired) electrons. The van der Waals surface area contributed by atoms with Crippen LogP contribution in [0.25, 0.3) is 11.6 Å². The van der Waals surface area contributed by atoms with Crippen LogP contribution in [0.15, 0.2) is 27.3 Å². The maximum atomic E-state index is 12.3. The number of amides is 4. The molecule has 0 N–H and O–H groups in total. The highest BCUT2D eigenvalue weighted by Crippen LogP contribution is 2.20. The summed E-state index contributed by atoms with van der Waals surface area (Å²) in [7, 11) is 2.45. The lowest BCUT2D eigenvalue weighted by atomic mass is 9.95. The van der Waals surface area contributed by atoms with Crippen molar-refractivity contribution in [3.05, 3.63) is 24.3 Å². The molecule has 0 atom stereocenters. The third kappa shape index (κ3) is 2.93. The molecule has 1 saturated heterocycles. The molecule has 0 aromatic carbocycles. The zero-order chi connectivity index (χ0) is 18.1. The van der Waals surface area contributed by atoms with Crippen molar-refractivity contribution in [1.82, 2.24) is 19.9 Å². The summed E-state index contributed by atoms with van der Waals surface area (Å²) in [5, 5.41) is 3.73. The van der Waals surface area contributed by atoms with Crippen molar-refractivity contribution in [3.63, 3.8) is 0 Å². The predicted molar refractivity (Wildman–Crippen MR) is 79.8 cm³/mol.